The Bertz CT molecular complexity index is 622. The van der Waals surface area contributed by atoms with Gasteiger partial charge < -0.3 is 10.0 Å². The topological polar surface area (TPSA) is 57.8 Å². The highest BCUT2D eigenvalue weighted by Gasteiger charge is 2.30. The van der Waals surface area contributed by atoms with Crippen molar-refractivity contribution in [2.75, 3.05) is 7.05 Å². The van der Waals surface area contributed by atoms with Crippen LogP contribution < -0.4 is 0 Å². The number of rotatable bonds is 2. The molecular weight excluding hydrogens is 254 g/mol. The maximum atomic E-state index is 12.6. The van der Waals surface area contributed by atoms with E-state index in [1.54, 1.807) is 22.7 Å². The number of fused-ring (bicyclic) bond motifs is 1. The van der Waals surface area contributed by atoms with Crippen LogP contribution in [-0.2, 0) is 0 Å². The summed E-state index contributed by atoms with van der Waals surface area (Å²) >= 11 is 0. The minimum Gasteiger partial charge on any atom is -0.391 e. The van der Waals surface area contributed by atoms with Crippen LogP contribution in [0.2, 0.25) is 0 Å². The Labute approximate surface area is 117 Å². The summed E-state index contributed by atoms with van der Waals surface area (Å²) in [6.07, 6.45) is 6.74. The normalized spacial score (nSPS) is 22.9. The predicted octanol–water partition coefficient (Wildman–Crippen LogP) is 1.71. The number of hydrogen-bond acceptors (Lipinski definition) is 3. The second-order valence-electron chi connectivity index (χ2n) is 5.42. The third-order valence-corrected chi connectivity index (χ3v) is 4.17. The smallest absolute Gasteiger partial charge is 0.257 e. The molecule has 5 nitrogen and oxygen atoms in total. The first-order valence-corrected chi connectivity index (χ1v) is 7.06. The lowest BCUT2D eigenvalue weighted by molar-refractivity contribution is 0.0269. The number of pyridine rings is 1. The van der Waals surface area contributed by atoms with Crippen molar-refractivity contribution in [2.45, 2.75) is 37.8 Å². The molecule has 0 aromatic carbocycles. The predicted molar refractivity (Wildman–Crippen MR) is 75.5 cm³/mol. The molecule has 2 aromatic rings. The van der Waals surface area contributed by atoms with Gasteiger partial charge in [0.2, 0.25) is 0 Å². The van der Waals surface area contributed by atoms with Crippen molar-refractivity contribution in [2.24, 2.45) is 0 Å². The molecule has 1 aliphatic rings. The maximum Gasteiger partial charge on any atom is 0.257 e. The van der Waals surface area contributed by atoms with Crippen molar-refractivity contribution < 1.29 is 9.90 Å². The van der Waals surface area contributed by atoms with Gasteiger partial charge in [0.05, 0.1) is 29.4 Å². The summed E-state index contributed by atoms with van der Waals surface area (Å²) in [5.74, 6) is -0.0721. The molecular formula is C15H19N3O2. The Kier molecular flexibility index (Phi) is 3.44. The van der Waals surface area contributed by atoms with Gasteiger partial charge in [0.25, 0.3) is 5.91 Å². The Morgan fingerprint density at radius 3 is 3.00 bits per heavy atom. The average molecular weight is 273 g/mol. The highest BCUT2D eigenvalue weighted by atomic mass is 16.3. The highest BCUT2D eigenvalue weighted by Crippen LogP contribution is 2.24. The lowest BCUT2D eigenvalue weighted by atomic mass is 9.91. The van der Waals surface area contributed by atoms with Gasteiger partial charge in [0.1, 0.15) is 0 Å². The van der Waals surface area contributed by atoms with Gasteiger partial charge in [-0.05, 0) is 25.0 Å². The first kappa shape index (κ1) is 13.1. The molecule has 1 N–H and O–H groups in total. The van der Waals surface area contributed by atoms with Gasteiger partial charge >= 0.3 is 0 Å². The van der Waals surface area contributed by atoms with Crippen molar-refractivity contribution in [1.29, 1.82) is 0 Å². The molecule has 2 heterocycles. The van der Waals surface area contributed by atoms with Crippen LogP contribution in [0.4, 0.5) is 0 Å². The molecule has 2 unspecified atom stereocenters. The number of carbonyl (C=O) groups excluding carboxylic acids is 1. The van der Waals surface area contributed by atoms with Crippen LogP contribution >= 0.6 is 0 Å². The van der Waals surface area contributed by atoms with Crippen LogP contribution in [0.5, 0.6) is 0 Å². The van der Waals surface area contributed by atoms with E-state index in [9.17, 15) is 9.90 Å². The van der Waals surface area contributed by atoms with E-state index in [4.69, 9.17) is 0 Å². The number of nitrogens with zero attached hydrogens (tertiary/aromatic N) is 3. The average Bonchev–Trinajstić information content (AvgIpc) is 2.90. The fourth-order valence-electron chi connectivity index (χ4n) is 2.98. The van der Waals surface area contributed by atoms with Crippen molar-refractivity contribution in [1.82, 2.24) is 14.5 Å². The van der Waals surface area contributed by atoms with E-state index in [1.807, 2.05) is 24.4 Å². The number of likely N-dealkylation sites (N-methyl/N-ethyl adjacent to an activating group) is 1. The van der Waals surface area contributed by atoms with E-state index in [-0.39, 0.29) is 11.9 Å². The summed E-state index contributed by atoms with van der Waals surface area (Å²) in [5.41, 5.74) is 1.39. The van der Waals surface area contributed by atoms with Crippen molar-refractivity contribution in [3.05, 3.63) is 36.2 Å². The molecule has 2 atom stereocenters. The second kappa shape index (κ2) is 5.25. The van der Waals surface area contributed by atoms with E-state index in [1.165, 1.54) is 0 Å². The Hall–Kier alpha value is -1.88. The maximum absolute atomic E-state index is 12.6. The SMILES string of the molecule is CN(C(=O)c1cnn2ccccc12)C1CCCCC1O. The van der Waals surface area contributed by atoms with Crippen molar-refractivity contribution >= 4 is 11.4 Å². The molecule has 0 radical (unpaired) electrons. The summed E-state index contributed by atoms with van der Waals surface area (Å²) in [7, 11) is 1.77. The fraction of sp³-hybridized carbons (Fsp3) is 0.467. The Morgan fingerprint density at radius 1 is 1.40 bits per heavy atom. The number of hydrogen-bond donors (Lipinski definition) is 1. The third-order valence-electron chi connectivity index (χ3n) is 4.17. The van der Waals surface area contributed by atoms with Crippen LogP contribution in [0.3, 0.4) is 0 Å². The summed E-state index contributed by atoms with van der Waals surface area (Å²) in [4.78, 5) is 14.3. The fourth-order valence-corrected chi connectivity index (χ4v) is 2.98. The first-order chi connectivity index (χ1) is 9.68. The molecule has 3 rings (SSSR count). The van der Waals surface area contributed by atoms with Crippen LogP contribution in [0.1, 0.15) is 36.0 Å². The number of carbonyl (C=O) groups is 1. The third kappa shape index (κ3) is 2.18. The van der Waals surface area contributed by atoms with Gasteiger partial charge in [0, 0.05) is 13.2 Å². The molecule has 0 spiro atoms. The summed E-state index contributed by atoms with van der Waals surface area (Å²) in [6.45, 7) is 0. The summed E-state index contributed by atoms with van der Waals surface area (Å²) in [5, 5.41) is 14.3. The number of amides is 1. The second-order valence-corrected chi connectivity index (χ2v) is 5.42. The molecule has 1 amide bonds. The molecule has 5 heteroatoms. The molecule has 106 valence electrons. The zero-order chi connectivity index (χ0) is 14.1. The molecule has 0 bridgehead atoms. The highest BCUT2D eigenvalue weighted by molar-refractivity contribution is 6.00. The standard InChI is InChI=1S/C15H19N3O2/c1-17(13-7-2-3-8-14(13)19)15(20)11-10-16-18-9-5-4-6-12(11)18/h4-6,9-10,13-14,19H,2-3,7-8H2,1H3. The Morgan fingerprint density at radius 2 is 2.20 bits per heavy atom. The van der Waals surface area contributed by atoms with Gasteiger partial charge in [-0.3, -0.25) is 4.79 Å². The number of aromatic nitrogens is 2. The molecule has 20 heavy (non-hydrogen) atoms. The van der Waals surface area contributed by atoms with E-state index >= 15 is 0 Å². The van der Waals surface area contributed by atoms with Crippen LogP contribution in [-0.4, -0.2) is 44.7 Å². The van der Waals surface area contributed by atoms with Gasteiger partial charge in [-0.15, -0.1) is 0 Å². The zero-order valence-corrected chi connectivity index (χ0v) is 11.6. The summed E-state index contributed by atoms with van der Waals surface area (Å²) < 4.78 is 1.69. The zero-order valence-electron chi connectivity index (χ0n) is 11.6. The quantitative estimate of drug-likeness (QED) is 0.906. The minimum atomic E-state index is -0.417. The lowest BCUT2D eigenvalue weighted by Gasteiger charge is -2.35. The van der Waals surface area contributed by atoms with E-state index in [0.29, 0.717) is 5.56 Å². The summed E-state index contributed by atoms with van der Waals surface area (Å²) in [6, 6.07) is 5.56. The van der Waals surface area contributed by atoms with Crippen LogP contribution in [0.15, 0.2) is 30.6 Å². The largest absolute Gasteiger partial charge is 0.391 e. The van der Waals surface area contributed by atoms with Crippen LogP contribution in [0.25, 0.3) is 5.52 Å². The van der Waals surface area contributed by atoms with Gasteiger partial charge in [-0.25, -0.2) is 4.52 Å². The number of aliphatic hydroxyl groups excluding tert-OH is 1. The minimum absolute atomic E-state index is 0.0721. The first-order valence-electron chi connectivity index (χ1n) is 7.06. The van der Waals surface area contributed by atoms with Gasteiger partial charge in [-0.2, -0.15) is 5.10 Å². The van der Waals surface area contributed by atoms with Crippen LogP contribution in [0, 0.1) is 0 Å². The van der Waals surface area contributed by atoms with Crippen molar-refractivity contribution in [3.63, 3.8) is 0 Å². The molecule has 1 saturated carbocycles. The van der Waals surface area contributed by atoms with Gasteiger partial charge in [0.15, 0.2) is 0 Å². The molecule has 1 aliphatic carbocycles. The molecule has 0 aliphatic heterocycles. The van der Waals surface area contributed by atoms with E-state index < -0.39 is 6.10 Å². The Balaban J connectivity index is 1.88. The van der Waals surface area contributed by atoms with Crippen molar-refractivity contribution in [3.8, 4) is 0 Å². The molecule has 1 fully saturated rings. The molecule has 2 aromatic heterocycles. The molecule has 0 saturated heterocycles. The monoisotopic (exact) mass is 273 g/mol. The lowest BCUT2D eigenvalue weighted by Crippen LogP contribution is -2.46. The van der Waals surface area contributed by atoms with E-state index in [0.717, 1.165) is 31.2 Å². The van der Waals surface area contributed by atoms with Gasteiger partial charge in [-0.1, -0.05) is 18.9 Å². The van der Waals surface area contributed by atoms with E-state index in [2.05, 4.69) is 5.10 Å². The number of aliphatic hydroxyl groups is 1.